The van der Waals surface area contributed by atoms with Gasteiger partial charge in [0.05, 0.1) is 30.0 Å². The number of aromatic nitrogens is 2. The molecule has 3 rings (SSSR count). The number of hydrogen-bond acceptors (Lipinski definition) is 3. The number of nitrogens with zero attached hydrogens (tertiary/aromatic N) is 2. The van der Waals surface area contributed by atoms with Crippen LogP contribution in [0.5, 0.6) is 0 Å². The van der Waals surface area contributed by atoms with E-state index >= 15 is 0 Å². The third kappa shape index (κ3) is 2.80. The lowest BCUT2D eigenvalue weighted by atomic mass is 10.1. The van der Waals surface area contributed by atoms with E-state index in [-0.39, 0.29) is 6.10 Å². The van der Waals surface area contributed by atoms with E-state index < -0.39 is 0 Å². The normalized spacial score (nSPS) is 17.0. The molecule has 1 aliphatic carbocycles. The number of benzene rings is 1. The Labute approximate surface area is 113 Å². The maximum absolute atomic E-state index is 10.1. The highest BCUT2D eigenvalue weighted by Gasteiger charge is 2.21. The molecular weight excluding hydrogens is 238 g/mol. The molecular formula is C15H21N3O. The van der Waals surface area contributed by atoms with Gasteiger partial charge in [0.15, 0.2) is 0 Å². The molecule has 1 aromatic carbocycles. The highest BCUT2D eigenvalue weighted by molar-refractivity contribution is 5.77. The van der Waals surface area contributed by atoms with E-state index in [1.807, 2.05) is 10.9 Å². The number of fused-ring (bicyclic) bond motifs is 1. The molecule has 102 valence electrons. The Balaban J connectivity index is 1.74. The molecule has 0 aliphatic heterocycles. The fraction of sp³-hybridized carbons (Fsp3) is 0.533. The zero-order valence-electron chi connectivity index (χ0n) is 11.6. The molecule has 4 nitrogen and oxygen atoms in total. The van der Waals surface area contributed by atoms with Crippen molar-refractivity contribution in [3.63, 3.8) is 0 Å². The van der Waals surface area contributed by atoms with Crippen LogP contribution < -0.4 is 5.32 Å². The van der Waals surface area contributed by atoms with Gasteiger partial charge in [-0.05, 0) is 49.9 Å². The van der Waals surface area contributed by atoms with Crippen molar-refractivity contribution in [2.45, 2.75) is 45.4 Å². The van der Waals surface area contributed by atoms with Crippen molar-refractivity contribution in [2.24, 2.45) is 0 Å². The first kappa shape index (κ1) is 12.6. The van der Waals surface area contributed by atoms with Crippen LogP contribution in [0.3, 0.4) is 0 Å². The minimum atomic E-state index is -0.361. The molecule has 1 fully saturated rings. The Morgan fingerprint density at radius 1 is 1.37 bits per heavy atom. The summed E-state index contributed by atoms with van der Waals surface area (Å²) in [6.45, 7) is 5.47. The number of aryl methyl sites for hydroxylation is 2. The molecule has 1 saturated carbocycles. The standard InChI is InChI=1S/C15H21N3O/c1-10-5-14-15(6-11(10)2)18(9-17-14)8-13(19)7-16-12-3-4-12/h5-6,9,12-13,16,19H,3-4,7-8H2,1-2H3. The second kappa shape index (κ2) is 4.94. The maximum atomic E-state index is 10.1. The molecule has 4 heteroatoms. The molecule has 0 radical (unpaired) electrons. The number of nitrogens with one attached hydrogen (secondary N) is 1. The van der Waals surface area contributed by atoms with E-state index in [9.17, 15) is 5.11 Å². The van der Waals surface area contributed by atoms with Crippen molar-refractivity contribution < 1.29 is 5.11 Å². The van der Waals surface area contributed by atoms with Crippen LogP contribution in [0.4, 0.5) is 0 Å². The van der Waals surface area contributed by atoms with Crippen molar-refractivity contribution >= 4 is 11.0 Å². The van der Waals surface area contributed by atoms with E-state index in [2.05, 4.69) is 36.3 Å². The fourth-order valence-corrected chi connectivity index (χ4v) is 2.34. The Bertz CT molecular complexity index is 586. The lowest BCUT2D eigenvalue weighted by Gasteiger charge is -2.13. The van der Waals surface area contributed by atoms with Gasteiger partial charge in [0.1, 0.15) is 0 Å². The van der Waals surface area contributed by atoms with Crippen LogP contribution in [0, 0.1) is 13.8 Å². The summed E-state index contributed by atoms with van der Waals surface area (Å²) in [5, 5.41) is 13.4. The van der Waals surface area contributed by atoms with Gasteiger partial charge in [-0.1, -0.05) is 0 Å². The van der Waals surface area contributed by atoms with Gasteiger partial charge < -0.3 is 15.0 Å². The highest BCUT2D eigenvalue weighted by Crippen LogP contribution is 2.20. The molecule has 1 aliphatic rings. The summed E-state index contributed by atoms with van der Waals surface area (Å²) in [5.74, 6) is 0. The SMILES string of the molecule is Cc1cc2ncn(CC(O)CNC3CC3)c2cc1C. The summed E-state index contributed by atoms with van der Waals surface area (Å²) in [5.41, 5.74) is 4.63. The second-order valence-corrected chi connectivity index (χ2v) is 5.66. The minimum Gasteiger partial charge on any atom is -0.390 e. The molecule has 19 heavy (non-hydrogen) atoms. The van der Waals surface area contributed by atoms with Gasteiger partial charge >= 0.3 is 0 Å². The van der Waals surface area contributed by atoms with Gasteiger partial charge in [-0.2, -0.15) is 0 Å². The van der Waals surface area contributed by atoms with E-state index in [0.29, 0.717) is 19.1 Å². The Morgan fingerprint density at radius 3 is 2.84 bits per heavy atom. The van der Waals surface area contributed by atoms with Crippen molar-refractivity contribution in [1.29, 1.82) is 0 Å². The monoisotopic (exact) mass is 259 g/mol. The lowest BCUT2D eigenvalue weighted by Crippen LogP contribution is -2.31. The molecule has 1 aromatic heterocycles. The van der Waals surface area contributed by atoms with Gasteiger partial charge in [0.25, 0.3) is 0 Å². The van der Waals surface area contributed by atoms with Crippen molar-refractivity contribution in [3.8, 4) is 0 Å². The van der Waals surface area contributed by atoms with Gasteiger partial charge in [-0.15, -0.1) is 0 Å². The predicted molar refractivity (Wildman–Crippen MR) is 76.2 cm³/mol. The van der Waals surface area contributed by atoms with Gasteiger partial charge in [0, 0.05) is 12.6 Å². The first-order valence-electron chi connectivity index (χ1n) is 6.97. The molecule has 1 atom stereocenters. The van der Waals surface area contributed by atoms with Crippen LogP contribution in [0.2, 0.25) is 0 Å². The molecule has 1 unspecified atom stereocenters. The summed E-state index contributed by atoms with van der Waals surface area (Å²) >= 11 is 0. The van der Waals surface area contributed by atoms with Crippen molar-refractivity contribution in [2.75, 3.05) is 6.54 Å². The van der Waals surface area contributed by atoms with E-state index in [4.69, 9.17) is 0 Å². The summed E-state index contributed by atoms with van der Waals surface area (Å²) in [6, 6.07) is 4.90. The number of imidazole rings is 1. The van der Waals surface area contributed by atoms with Crippen molar-refractivity contribution in [3.05, 3.63) is 29.6 Å². The lowest BCUT2D eigenvalue weighted by molar-refractivity contribution is 0.152. The van der Waals surface area contributed by atoms with Crippen LogP contribution in [-0.2, 0) is 6.54 Å². The van der Waals surface area contributed by atoms with E-state index in [1.54, 1.807) is 0 Å². The van der Waals surface area contributed by atoms with E-state index in [0.717, 1.165) is 11.0 Å². The summed E-state index contributed by atoms with van der Waals surface area (Å²) in [4.78, 5) is 4.41. The largest absolute Gasteiger partial charge is 0.390 e. The topological polar surface area (TPSA) is 50.1 Å². The Kier molecular flexibility index (Phi) is 3.29. The zero-order valence-corrected chi connectivity index (χ0v) is 11.6. The van der Waals surface area contributed by atoms with Gasteiger partial charge in [-0.3, -0.25) is 0 Å². The molecule has 1 heterocycles. The first-order valence-corrected chi connectivity index (χ1v) is 6.97. The van der Waals surface area contributed by atoms with Crippen LogP contribution in [0.1, 0.15) is 24.0 Å². The third-order valence-corrected chi connectivity index (χ3v) is 3.86. The molecule has 0 saturated heterocycles. The number of aliphatic hydroxyl groups is 1. The minimum absolute atomic E-state index is 0.361. The van der Waals surface area contributed by atoms with Crippen molar-refractivity contribution in [1.82, 2.24) is 14.9 Å². The first-order chi connectivity index (χ1) is 9.13. The molecule has 2 N–H and O–H groups in total. The van der Waals surface area contributed by atoms with Crippen LogP contribution in [0.25, 0.3) is 11.0 Å². The average molecular weight is 259 g/mol. The summed E-state index contributed by atoms with van der Waals surface area (Å²) in [7, 11) is 0. The van der Waals surface area contributed by atoms with Gasteiger partial charge in [0.2, 0.25) is 0 Å². The number of rotatable bonds is 5. The Hall–Kier alpha value is -1.39. The fourth-order valence-electron chi connectivity index (χ4n) is 2.34. The molecule has 0 bridgehead atoms. The quantitative estimate of drug-likeness (QED) is 0.860. The Morgan fingerprint density at radius 2 is 2.11 bits per heavy atom. The van der Waals surface area contributed by atoms with Crippen LogP contribution >= 0.6 is 0 Å². The van der Waals surface area contributed by atoms with E-state index in [1.165, 1.54) is 24.0 Å². The molecule has 0 amide bonds. The predicted octanol–water partition coefficient (Wildman–Crippen LogP) is 1.77. The second-order valence-electron chi connectivity index (χ2n) is 5.66. The number of aliphatic hydroxyl groups excluding tert-OH is 1. The zero-order chi connectivity index (χ0) is 13.4. The smallest absolute Gasteiger partial charge is 0.0959 e. The third-order valence-electron chi connectivity index (χ3n) is 3.86. The van der Waals surface area contributed by atoms with Crippen LogP contribution in [-0.4, -0.2) is 33.3 Å². The number of hydrogen-bond donors (Lipinski definition) is 2. The highest BCUT2D eigenvalue weighted by atomic mass is 16.3. The summed E-state index contributed by atoms with van der Waals surface area (Å²) < 4.78 is 2.04. The van der Waals surface area contributed by atoms with Crippen LogP contribution in [0.15, 0.2) is 18.5 Å². The van der Waals surface area contributed by atoms with Gasteiger partial charge in [-0.25, -0.2) is 4.98 Å². The molecule has 2 aromatic rings. The maximum Gasteiger partial charge on any atom is 0.0959 e. The summed E-state index contributed by atoms with van der Waals surface area (Å²) in [6.07, 6.45) is 3.96. The molecule has 0 spiro atoms. The average Bonchev–Trinajstić information content (AvgIpc) is 3.14.